The SMILES string of the molecule is CCN(CC)C1CCN(Cc2cc(F)ccc2N)C1. The number of likely N-dealkylation sites (tertiary alicyclic amines) is 1. The van der Waals surface area contributed by atoms with Gasteiger partial charge in [-0.15, -0.1) is 0 Å². The number of benzene rings is 1. The van der Waals surface area contributed by atoms with Crippen LogP contribution in [0.1, 0.15) is 25.8 Å². The van der Waals surface area contributed by atoms with Crippen LogP contribution in [0.2, 0.25) is 0 Å². The Balaban J connectivity index is 1.96. The van der Waals surface area contributed by atoms with E-state index in [-0.39, 0.29) is 5.82 Å². The Kier molecular flexibility index (Phi) is 4.77. The van der Waals surface area contributed by atoms with E-state index in [1.165, 1.54) is 12.5 Å². The van der Waals surface area contributed by atoms with Crippen LogP contribution in [0.3, 0.4) is 0 Å². The van der Waals surface area contributed by atoms with Crippen molar-refractivity contribution in [1.29, 1.82) is 0 Å². The number of nitrogens with two attached hydrogens (primary N) is 1. The number of anilines is 1. The summed E-state index contributed by atoms with van der Waals surface area (Å²) in [7, 11) is 0. The van der Waals surface area contributed by atoms with Gasteiger partial charge in [0, 0.05) is 31.4 Å². The average molecular weight is 265 g/mol. The van der Waals surface area contributed by atoms with Crippen LogP contribution in [0, 0.1) is 5.82 Å². The predicted molar refractivity (Wildman–Crippen MR) is 77.4 cm³/mol. The first kappa shape index (κ1) is 14.3. The zero-order valence-corrected chi connectivity index (χ0v) is 11.9. The summed E-state index contributed by atoms with van der Waals surface area (Å²) in [4.78, 5) is 4.86. The van der Waals surface area contributed by atoms with Crippen molar-refractivity contribution < 1.29 is 4.39 Å². The molecule has 1 aliphatic rings. The van der Waals surface area contributed by atoms with Gasteiger partial charge in [-0.1, -0.05) is 13.8 Å². The third-order valence-corrected chi connectivity index (χ3v) is 4.08. The van der Waals surface area contributed by atoms with Gasteiger partial charge in [-0.05, 0) is 43.3 Å². The molecule has 1 fully saturated rings. The third kappa shape index (κ3) is 3.45. The molecule has 2 N–H and O–H groups in total. The van der Waals surface area contributed by atoms with Crippen molar-refractivity contribution in [3.63, 3.8) is 0 Å². The molecule has 1 aromatic carbocycles. The predicted octanol–water partition coefficient (Wildman–Crippen LogP) is 2.32. The van der Waals surface area contributed by atoms with Crippen LogP contribution in [0.25, 0.3) is 0 Å². The molecule has 19 heavy (non-hydrogen) atoms. The Morgan fingerprint density at radius 1 is 1.37 bits per heavy atom. The van der Waals surface area contributed by atoms with Gasteiger partial charge in [0.1, 0.15) is 5.82 Å². The van der Waals surface area contributed by atoms with Gasteiger partial charge in [-0.2, -0.15) is 0 Å². The molecular weight excluding hydrogens is 241 g/mol. The van der Waals surface area contributed by atoms with E-state index >= 15 is 0 Å². The van der Waals surface area contributed by atoms with E-state index in [2.05, 4.69) is 23.6 Å². The smallest absolute Gasteiger partial charge is 0.123 e. The number of nitrogen functional groups attached to an aromatic ring is 1. The van der Waals surface area contributed by atoms with E-state index in [1.54, 1.807) is 12.1 Å². The molecule has 3 nitrogen and oxygen atoms in total. The molecule has 0 bridgehead atoms. The Morgan fingerprint density at radius 3 is 2.79 bits per heavy atom. The van der Waals surface area contributed by atoms with Gasteiger partial charge in [0.05, 0.1) is 0 Å². The van der Waals surface area contributed by atoms with E-state index in [1.807, 2.05) is 0 Å². The molecule has 1 saturated heterocycles. The van der Waals surface area contributed by atoms with Crippen molar-refractivity contribution in [1.82, 2.24) is 9.80 Å². The number of rotatable bonds is 5. The molecule has 0 aliphatic carbocycles. The van der Waals surface area contributed by atoms with Gasteiger partial charge in [-0.3, -0.25) is 9.80 Å². The highest BCUT2D eigenvalue weighted by Gasteiger charge is 2.26. The van der Waals surface area contributed by atoms with Crippen molar-refractivity contribution in [2.24, 2.45) is 0 Å². The van der Waals surface area contributed by atoms with Crippen molar-refractivity contribution in [2.45, 2.75) is 32.9 Å². The van der Waals surface area contributed by atoms with Crippen LogP contribution in [0.4, 0.5) is 10.1 Å². The summed E-state index contributed by atoms with van der Waals surface area (Å²) >= 11 is 0. The Morgan fingerprint density at radius 2 is 2.11 bits per heavy atom. The first-order chi connectivity index (χ1) is 9.13. The summed E-state index contributed by atoms with van der Waals surface area (Å²) in [5.41, 5.74) is 7.50. The standard InChI is InChI=1S/C15H24FN3/c1-3-19(4-2)14-7-8-18(11-14)10-12-9-13(16)5-6-15(12)17/h5-6,9,14H,3-4,7-8,10-11,17H2,1-2H3. The van der Waals surface area contributed by atoms with E-state index in [9.17, 15) is 4.39 Å². The van der Waals surface area contributed by atoms with Crippen molar-refractivity contribution in [2.75, 3.05) is 31.9 Å². The van der Waals surface area contributed by atoms with Gasteiger partial charge in [0.25, 0.3) is 0 Å². The zero-order valence-electron chi connectivity index (χ0n) is 11.9. The molecule has 0 aromatic heterocycles. The highest BCUT2D eigenvalue weighted by Crippen LogP contribution is 2.21. The lowest BCUT2D eigenvalue weighted by atomic mass is 10.1. The topological polar surface area (TPSA) is 32.5 Å². The van der Waals surface area contributed by atoms with Crippen LogP contribution < -0.4 is 5.73 Å². The number of halogens is 1. The van der Waals surface area contributed by atoms with Crippen molar-refractivity contribution >= 4 is 5.69 Å². The fourth-order valence-corrected chi connectivity index (χ4v) is 2.95. The minimum absolute atomic E-state index is 0.205. The van der Waals surface area contributed by atoms with Crippen molar-refractivity contribution in [3.8, 4) is 0 Å². The fourth-order valence-electron chi connectivity index (χ4n) is 2.95. The molecule has 1 aliphatic heterocycles. The highest BCUT2D eigenvalue weighted by atomic mass is 19.1. The molecule has 2 rings (SSSR count). The van der Waals surface area contributed by atoms with Gasteiger partial charge >= 0.3 is 0 Å². The molecule has 4 heteroatoms. The van der Waals surface area contributed by atoms with E-state index in [0.29, 0.717) is 11.7 Å². The highest BCUT2D eigenvalue weighted by molar-refractivity contribution is 5.46. The summed E-state index contributed by atoms with van der Waals surface area (Å²) < 4.78 is 13.3. The summed E-state index contributed by atoms with van der Waals surface area (Å²) in [6.07, 6.45) is 1.19. The van der Waals surface area contributed by atoms with E-state index < -0.39 is 0 Å². The number of hydrogen-bond acceptors (Lipinski definition) is 3. The molecule has 106 valence electrons. The Labute approximate surface area is 115 Å². The Hall–Kier alpha value is -1.13. The lowest BCUT2D eigenvalue weighted by Gasteiger charge is -2.26. The third-order valence-electron chi connectivity index (χ3n) is 4.08. The van der Waals surface area contributed by atoms with E-state index in [0.717, 1.165) is 38.3 Å². The maximum atomic E-state index is 13.3. The number of nitrogens with zero attached hydrogens (tertiary/aromatic N) is 2. The summed E-state index contributed by atoms with van der Waals surface area (Å²) in [6.45, 7) is 9.47. The van der Waals surface area contributed by atoms with E-state index in [4.69, 9.17) is 5.73 Å². The van der Waals surface area contributed by atoms with Gasteiger partial charge in [0.15, 0.2) is 0 Å². The minimum Gasteiger partial charge on any atom is -0.398 e. The quantitative estimate of drug-likeness (QED) is 0.829. The lowest BCUT2D eigenvalue weighted by molar-refractivity contribution is 0.209. The van der Waals surface area contributed by atoms with Crippen molar-refractivity contribution in [3.05, 3.63) is 29.6 Å². The molecule has 1 unspecified atom stereocenters. The monoisotopic (exact) mass is 265 g/mol. The first-order valence-corrected chi connectivity index (χ1v) is 7.14. The fraction of sp³-hybridized carbons (Fsp3) is 0.600. The summed E-state index contributed by atoms with van der Waals surface area (Å²) in [5, 5.41) is 0. The Bertz CT molecular complexity index is 418. The molecule has 1 heterocycles. The van der Waals surface area contributed by atoms with Gasteiger partial charge in [0.2, 0.25) is 0 Å². The largest absolute Gasteiger partial charge is 0.398 e. The maximum absolute atomic E-state index is 13.3. The molecule has 0 radical (unpaired) electrons. The number of hydrogen-bond donors (Lipinski definition) is 1. The molecular formula is C15H24FN3. The number of likely N-dealkylation sites (N-methyl/N-ethyl adjacent to an activating group) is 1. The lowest BCUT2D eigenvalue weighted by Crippen LogP contribution is -2.37. The normalized spacial score (nSPS) is 20.3. The van der Waals surface area contributed by atoms with Gasteiger partial charge in [-0.25, -0.2) is 4.39 Å². The first-order valence-electron chi connectivity index (χ1n) is 7.14. The molecule has 1 atom stereocenters. The zero-order chi connectivity index (χ0) is 13.8. The molecule has 1 aromatic rings. The van der Waals surface area contributed by atoms with Crippen LogP contribution in [0.5, 0.6) is 0 Å². The summed E-state index contributed by atoms with van der Waals surface area (Å²) in [5.74, 6) is -0.205. The average Bonchev–Trinajstić information content (AvgIpc) is 2.84. The van der Waals surface area contributed by atoms with Crippen LogP contribution >= 0.6 is 0 Å². The molecule has 0 amide bonds. The molecule has 0 saturated carbocycles. The molecule has 0 spiro atoms. The van der Waals surface area contributed by atoms with Crippen LogP contribution in [-0.4, -0.2) is 42.0 Å². The minimum atomic E-state index is -0.205. The maximum Gasteiger partial charge on any atom is 0.123 e. The van der Waals surface area contributed by atoms with Crippen LogP contribution in [-0.2, 0) is 6.54 Å². The summed E-state index contributed by atoms with van der Waals surface area (Å²) in [6, 6.07) is 5.26. The second kappa shape index (κ2) is 6.35. The second-order valence-corrected chi connectivity index (χ2v) is 5.24. The van der Waals surface area contributed by atoms with Gasteiger partial charge < -0.3 is 5.73 Å². The second-order valence-electron chi connectivity index (χ2n) is 5.24. The van der Waals surface area contributed by atoms with Crippen LogP contribution in [0.15, 0.2) is 18.2 Å².